The first-order valence-corrected chi connectivity index (χ1v) is 6.39. The lowest BCUT2D eigenvalue weighted by Gasteiger charge is -2.17. The molecule has 4 N–H and O–H groups in total. The number of carboxylic acid groups (broad SMARTS) is 1. The number of aliphatic carboxylic acids is 1. The molecule has 1 aromatic rings. The van der Waals surface area contributed by atoms with Gasteiger partial charge in [0.1, 0.15) is 0 Å². The molecule has 0 saturated carbocycles. The Kier molecular flexibility index (Phi) is 6.60. The van der Waals surface area contributed by atoms with E-state index >= 15 is 0 Å². The standard InChI is InChI=1S/C14H20N2O3/c15-9-5-4-8-13(17)16-12(10-14(18)19)11-6-2-1-3-7-11/h1-3,6-7,12H,4-5,8-10,15H2,(H,16,17)(H,18,19). The molecular formula is C14H20N2O3. The Balaban J connectivity index is 2.60. The number of carbonyl (C=O) groups excluding carboxylic acids is 1. The second-order valence-corrected chi connectivity index (χ2v) is 4.37. The van der Waals surface area contributed by atoms with Gasteiger partial charge >= 0.3 is 5.97 Å². The number of benzene rings is 1. The van der Waals surface area contributed by atoms with Gasteiger partial charge in [-0.2, -0.15) is 0 Å². The fourth-order valence-electron chi connectivity index (χ4n) is 1.81. The summed E-state index contributed by atoms with van der Waals surface area (Å²) in [5, 5.41) is 11.7. The maximum atomic E-state index is 11.7. The summed E-state index contributed by atoms with van der Waals surface area (Å²) < 4.78 is 0. The summed E-state index contributed by atoms with van der Waals surface area (Å²) in [6, 6.07) is 8.64. The molecule has 1 amide bonds. The van der Waals surface area contributed by atoms with Crippen LogP contribution in [0.25, 0.3) is 0 Å². The predicted octanol–water partition coefficient (Wildman–Crippen LogP) is 1.45. The molecule has 0 bridgehead atoms. The second-order valence-electron chi connectivity index (χ2n) is 4.37. The molecule has 0 radical (unpaired) electrons. The Morgan fingerprint density at radius 3 is 2.47 bits per heavy atom. The van der Waals surface area contributed by atoms with E-state index in [1.807, 2.05) is 30.3 Å². The van der Waals surface area contributed by atoms with Crippen LogP contribution in [0, 0.1) is 0 Å². The van der Waals surface area contributed by atoms with Crippen molar-refractivity contribution in [3.05, 3.63) is 35.9 Å². The number of hydrogen-bond acceptors (Lipinski definition) is 3. The van der Waals surface area contributed by atoms with E-state index < -0.39 is 12.0 Å². The number of carbonyl (C=O) groups is 2. The third-order valence-corrected chi connectivity index (χ3v) is 2.77. The van der Waals surface area contributed by atoms with E-state index in [4.69, 9.17) is 10.8 Å². The zero-order valence-electron chi connectivity index (χ0n) is 10.8. The molecule has 5 heteroatoms. The smallest absolute Gasteiger partial charge is 0.305 e. The van der Waals surface area contributed by atoms with Crippen molar-refractivity contribution in [3.8, 4) is 0 Å². The summed E-state index contributed by atoms with van der Waals surface area (Å²) in [6.07, 6.45) is 1.77. The minimum absolute atomic E-state index is 0.118. The summed E-state index contributed by atoms with van der Waals surface area (Å²) in [5.41, 5.74) is 6.17. The number of nitrogens with one attached hydrogen (secondary N) is 1. The molecule has 0 heterocycles. The molecule has 0 aliphatic rings. The van der Waals surface area contributed by atoms with Crippen LogP contribution in [0.2, 0.25) is 0 Å². The number of amides is 1. The van der Waals surface area contributed by atoms with Gasteiger partial charge in [0.2, 0.25) is 5.91 Å². The van der Waals surface area contributed by atoms with Crippen molar-refractivity contribution in [3.63, 3.8) is 0 Å². The van der Waals surface area contributed by atoms with Crippen LogP contribution in [0.5, 0.6) is 0 Å². The number of hydrogen-bond donors (Lipinski definition) is 3. The molecule has 0 fully saturated rings. The summed E-state index contributed by atoms with van der Waals surface area (Å²) in [5.74, 6) is -1.07. The van der Waals surface area contributed by atoms with Crippen molar-refractivity contribution in [1.82, 2.24) is 5.32 Å². The van der Waals surface area contributed by atoms with Crippen LogP contribution < -0.4 is 11.1 Å². The van der Waals surface area contributed by atoms with Gasteiger partial charge in [0, 0.05) is 6.42 Å². The normalized spacial score (nSPS) is 11.8. The largest absolute Gasteiger partial charge is 0.481 e. The highest BCUT2D eigenvalue weighted by molar-refractivity contribution is 5.77. The molecule has 104 valence electrons. The van der Waals surface area contributed by atoms with Crippen molar-refractivity contribution in [2.75, 3.05) is 6.54 Å². The summed E-state index contributed by atoms with van der Waals surface area (Å²) >= 11 is 0. The van der Waals surface area contributed by atoms with Crippen LogP contribution >= 0.6 is 0 Å². The Bertz CT molecular complexity index is 406. The van der Waals surface area contributed by atoms with Gasteiger partial charge in [0.15, 0.2) is 0 Å². The molecule has 1 atom stereocenters. The SMILES string of the molecule is NCCCCC(=O)NC(CC(=O)O)c1ccccc1. The van der Waals surface area contributed by atoms with Gasteiger partial charge < -0.3 is 16.2 Å². The Labute approximate surface area is 112 Å². The zero-order valence-corrected chi connectivity index (χ0v) is 10.8. The summed E-state index contributed by atoms with van der Waals surface area (Å²) in [7, 11) is 0. The first kappa shape index (κ1) is 15.2. The molecule has 0 aliphatic carbocycles. The average molecular weight is 264 g/mol. The first-order chi connectivity index (χ1) is 9.13. The van der Waals surface area contributed by atoms with Gasteiger partial charge in [0.25, 0.3) is 0 Å². The Morgan fingerprint density at radius 1 is 1.21 bits per heavy atom. The molecule has 0 spiro atoms. The minimum Gasteiger partial charge on any atom is -0.481 e. The van der Waals surface area contributed by atoms with Crippen LogP contribution in [-0.4, -0.2) is 23.5 Å². The van der Waals surface area contributed by atoms with E-state index in [-0.39, 0.29) is 12.3 Å². The summed E-state index contributed by atoms with van der Waals surface area (Å²) in [6.45, 7) is 0.560. The van der Waals surface area contributed by atoms with Crippen LogP contribution in [0.4, 0.5) is 0 Å². The van der Waals surface area contributed by atoms with Crippen LogP contribution in [0.3, 0.4) is 0 Å². The van der Waals surface area contributed by atoms with Crippen molar-refractivity contribution in [2.24, 2.45) is 5.73 Å². The van der Waals surface area contributed by atoms with Gasteiger partial charge in [-0.3, -0.25) is 9.59 Å². The van der Waals surface area contributed by atoms with Crippen LogP contribution in [0.1, 0.15) is 37.3 Å². The number of carboxylic acids is 1. The van der Waals surface area contributed by atoms with Crippen LogP contribution in [0.15, 0.2) is 30.3 Å². The van der Waals surface area contributed by atoms with E-state index in [0.717, 1.165) is 18.4 Å². The molecule has 1 rings (SSSR count). The van der Waals surface area contributed by atoms with E-state index in [9.17, 15) is 9.59 Å². The van der Waals surface area contributed by atoms with Gasteiger partial charge in [0.05, 0.1) is 12.5 Å². The van der Waals surface area contributed by atoms with Crippen molar-refractivity contribution in [1.29, 1.82) is 0 Å². The van der Waals surface area contributed by atoms with Gasteiger partial charge in [-0.1, -0.05) is 30.3 Å². The Morgan fingerprint density at radius 2 is 1.89 bits per heavy atom. The molecule has 5 nitrogen and oxygen atoms in total. The van der Waals surface area contributed by atoms with E-state index in [1.165, 1.54) is 0 Å². The number of rotatable bonds is 8. The van der Waals surface area contributed by atoms with E-state index in [0.29, 0.717) is 13.0 Å². The number of unbranched alkanes of at least 4 members (excludes halogenated alkanes) is 1. The molecule has 0 saturated heterocycles. The van der Waals surface area contributed by atoms with Crippen LogP contribution in [-0.2, 0) is 9.59 Å². The number of nitrogens with two attached hydrogens (primary N) is 1. The lowest BCUT2D eigenvalue weighted by Crippen LogP contribution is -2.30. The lowest BCUT2D eigenvalue weighted by atomic mass is 10.0. The van der Waals surface area contributed by atoms with Gasteiger partial charge in [-0.25, -0.2) is 0 Å². The van der Waals surface area contributed by atoms with Crippen molar-refractivity contribution >= 4 is 11.9 Å². The molecule has 0 aliphatic heterocycles. The predicted molar refractivity (Wildman–Crippen MR) is 72.5 cm³/mol. The van der Waals surface area contributed by atoms with Gasteiger partial charge in [-0.05, 0) is 24.9 Å². The molecule has 0 aromatic heterocycles. The highest BCUT2D eigenvalue weighted by atomic mass is 16.4. The Hall–Kier alpha value is -1.88. The van der Waals surface area contributed by atoms with Gasteiger partial charge in [-0.15, -0.1) is 0 Å². The second kappa shape index (κ2) is 8.26. The monoisotopic (exact) mass is 264 g/mol. The molecule has 19 heavy (non-hydrogen) atoms. The fourth-order valence-corrected chi connectivity index (χ4v) is 1.81. The molecule has 1 unspecified atom stereocenters. The summed E-state index contributed by atoms with van der Waals surface area (Å²) in [4.78, 5) is 22.6. The topological polar surface area (TPSA) is 92.4 Å². The highest BCUT2D eigenvalue weighted by Gasteiger charge is 2.17. The molecule has 1 aromatic carbocycles. The maximum absolute atomic E-state index is 11.7. The first-order valence-electron chi connectivity index (χ1n) is 6.39. The van der Waals surface area contributed by atoms with E-state index in [1.54, 1.807) is 0 Å². The molecular weight excluding hydrogens is 244 g/mol. The van der Waals surface area contributed by atoms with Crippen molar-refractivity contribution < 1.29 is 14.7 Å². The fraction of sp³-hybridized carbons (Fsp3) is 0.429. The minimum atomic E-state index is -0.934. The maximum Gasteiger partial charge on any atom is 0.305 e. The third-order valence-electron chi connectivity index (χ3n) is 2.77. The quantitative estimate of drug-likeness (QED) is 0.619. The van der Waals surface area contributed by atoms with E-state index in [2.05, 4.69) is 5.32 Å². The average Bonchev–Trinajstić information content (AvgIpc) is 2.39. The highest BCUT2D eigenvalue weighted by Crippen LogP contribution is 2.16. The van der Waals surface area contributed by atoms with Crippen molar-refractivity contribution in [2.45, 2.75) is 31.7 Å². The zero-order chi connectivity index (χ0) is 14.1. The third kappa shape index (κ3) is 6.01. The lowest BCUT2D eigenvalue weighted by molar-refractivity contribution is -0.137.